The van der Waals surface area contributed by atoms with Gasteiger partial charge in [-0.1, -0.05) is 0 Å². The summed E-state index contributed by atoms with van der Waals surface area (Å²) in [6.07, 6.45) is 0.0880. The summed E-state index contributed by atoms with van der Waals surface area (Å²) >= 11 is 0. The number of hydrogen-bond donors (Lipinski definition) is 0. The fourth-order valence-electron chi connectivity index (χ4n) is 2.09. The molecule has 1 fully saturated rings. The Hall–Kier alpha value is -1.73. The lowest BCUT2D eigenvalue weighted by atomic mass is 9.80. The number of hydrogen-bond acceptors (Lipinski definition) is 5. The number of benzene rings is 1. The first-order chi connectivity index (χ1) is 9.62. The van der Waals surface area contributed by atoms with Crippen molar-refractivity contribution in [2.45, 2.75) is 45.2 Å². The van der Waals surface area contributed by atoms with Crippen molar-refractivity contribution in [1.82, 2.24) is 0 Å². The van der Waals surface area contributed by atoms with E-state index in [4.69, 9.17) is 9.31 Å². The highest BCUT2D eigenvalue weighted by atomic mass is 16.7. The van der Waals surface area contributed by atoms with Crippen LogP contribution in [0.3, 0.4) is 0 Å². The van der Waals surface area contributed by atoms with Crippen molar-refractivity contribution in [1.29, 1.82) is 0 Å². The van der Waals surface area contributed by atoms with Gasteiger partial charge in [0, 0.05) is 24.0 Å². The van der Waals surface area contributed by atoms with Gasteiger partial charge in [-0.2, -0.15) is 0 Å². The zero-order valence-corrected chi connectivity index (χ0v) is 12.6. The van der Waals surface area contributed by atoms with Gasteiger partial charge in [-0.15, -0.1) is 0 Å². The molecule has 0 radical (unpaired) electrons. The Balaban J connectivity index is 2.04. The molecule has 0 N–H and O–H groups in total. The van der Waals surface area contributed by atoms with Crippen LogP contribution in [0.1, 0.15) is 38.1 Å². The van der Waals surface area contributed by atoms with Crippen molar-refractivity contribution in [3.8, 4) is 0 Å². The first-order valence-corrected chi connectivity index (χ1v) is 6.76. The summed E-state index contributed by atoms with van der Waals surface area (Å²) in [6.45, 7) is 7.68. The maximum atomic E-state index is 12.2. The Morgan fingerprint density at radius 2 is 1.62 bits per heavy atom. The third-order valence-electron chi connectivity index (χ3n) is 4.05. The molecule has 0 atom stereocenters. The van der Waals surface area contributed by atoms with Gasteiger partial charge in [0.2, 0.25) is 0 Å². The smallest absolute Gasteiger partial charge is 0.403 e. The minimum Gasteiger partial charge on any atom is -0.403 e. The lowest BCUT2D eigenvalue weighted by Crippen LogP contribution is -2.41. The number of nitro groups is 1. The summed E-state index contributed by atoms with van der Waals surface area (Å²) in [5.41, 5.74) is -0.585. The highest BCUT2D eigenvalue weighted by Gasteiger charge is 2.51. The molecular formula is C14H18BNO5. The SMILES string of the molecule is CC1(C)OB(CC(=O)c2ccc([N+](=O)[O-])cc2)OC1(C)C. The number of non-ortho nitro benzene ring substituents is 1. The molecule has 1 aliphatic heterocycles. The van der Waals surface area contributed by atoms with Crippen LogP contribution in [0.5, 0.6) is 0 Å². The van der Waals surface area contributed by atoms with Gasteiger partial charge in [0.25, 0.3) is 5.69 Å². The predicted molar refractivity (Wildman–Crippen MR) is 78.3 cm³/mol. The van der Waals surface area contributed by atoms with Crippen LogP contribution in [0.25, 0.3) is 0 Å². The normalized spacial score (nSPS) is 19.5. The second-order valence-electron chi connectivity index (χ2n) is 6.12. The van der Waals surface area contributed by atoms with E-state index in [9.17, 15) is 14.9 Å². The van der Waals surface area contributed by atoms with Gasteiger partial charge in [0.05, 0.1) is 16.1 Å². The third-order valence-corrected chi connectivity index (χ3v) is 4.05. The number of nitrogens with zero attached hydrogens (tertiary/aromatic N) is 1. The Morgan fingerprint density at radius 1 is 1.14 bits per heavy atom. The van der Waals surface area contributed by atoms with Crippen LogP contribution in [0, 0.1) is 10.1 Å². The molecule has 0 spiro atoms. The van der Waals surface area contributed by atoms with Gasteiger partial charge in [0.1, 0.15) is 0 Å². The van der Waals surface area contributed by atoms with E-state index in [0.717, 1.165) is 0 Å². The van der Waals surface area contributed by atoms with Gasteiger partial charge >= 0.3 is 7.12 Å². The molecule has 1 aliphatic rings. The van der Waals surface area contributed by atoms with Crippen molar-refractivity contribution < 1.29 is 19.0 Å². The minimum atomic E-state index is -0.599. The predicted octanol–water partition coefficient (Wildman–Crippen LogP) is 2.87. The Labute approximate surface area is 123 Å². The zero-order chi connectivity index (χ0) is 15.8. The van der Waals surface area contributed by atoms with E-state index in [1.165, 1.54) is 24.3 Å². The molecule has 1 aromatic rings. The first kappa shape index (κ1) is 15.7. The van der Waals surface area contributed by atoms with Gasteiger partial charge in [-0.25, -0.2) is 0 Å². The minimum absolute atomic E-state index is 0.0396. The molecule has 1 heterocycles. The summed E-state index contributed by atoms with van der Waals surface area (Å²) in [5.74, 6) is -0.164. The lowest BCUT2D eigenvalue weighted by Gasteiger charge is -2.32. The van der Waals surface area contributed by atoms with E-state index in [1.54, 1.807) is 0 Å². The van der Waals surface area contributed by atoms with Gasteiger partial charge < -0.3 is 9.31 Å². The quantitative estimate of drug-likeness (QED) is 0.369. The molecule has 2 rings (SSSR count). The van der Waals surface area contributed by atoms with Crippen molar-refractivity contribution in [2.75, 3.05) is 0 Å². The van der Waals surface area contributed by atoms with Crippen molar-refractivity contribution in [3.63, 3.8) is 0 Å². The maximum Gasteiger partial charge on any atom is 0.465 e. The summed E-state index contributed by atoms with van der Waals surface area (Å²) in [5, 5.41) is 10.6. The highest BCUT2D eigenvalue weighted by Crippen LogP contribution is 2.37. The molecule has 0 saturated carbocycles. The largest absolute Gasteiger partial charge is 0.465 e. The Kier molecular flexibility index (Phi) is 3.90. The van der Waals surface area contributed by atoms with Crippen LogP contribution in [-0.2, 0) is 9.31 Å². The van der Waals surface area contributed by atoms with Crippen molar-refractivity contribution >= 4 is 18.6 Å². The van der Waals surface area contributed by atoms with E-state index in [1.807, 2.05) is 27.7 Å². The van der Waals surface area contributed by atoms with Gasteiger partial charge in [-0.3, -0.25) is 14.9 Å². The highest BCUT2D eigenvalue weighted by molar-refractivity contribution is 6.51. The Bertz CT molecular complexity index is 551. The number of carbonyl (C=O) groups excluding carboxylic acids is 1. The van der Waals surface area contributed by atoms with Crippen LogP contribution in [0.2, 0.25) is 6.32 Å². The van der Waals surface area contributed by atoms with Crippen LogP contribution in [0.15, 0.2) is 24.3 Å². The number of rotatable bonds is 4. The zero-order valence-electron chi connectivity index (χ0n) is 12.6. The average Bonchev–Trinajstić information content (AvgIpc) is 2.57. The lowest BCUT2D eigenvalue weighted by molar-refractivity contribution is -0.384. The van der Waals surface area contributed by atoms with Gasteiger partial charge in [-0.05, 0) is 39.8 Å². The molecule has 1 aromatic carbocycles. The summed E-state index contributed by atoms with van der Waals surface area (Å²) < 4.78 is 11.5. The fourth-order valence-corrected chi connectivity index (χ4v) is 2.09. The van der Waals surface area contributed by atoms with E-state index in [-0.39, 0.29) is 17.8 Å². The van der Waals surface area contributed by atoms with Crippen LogP contribution >= 0.6 is 0 Å². The third kappa shape index (κ3) is 3.14. The molecule has 7 heteroatoms. The van der Waals surface area contributed by atoms with Crippen molar-refractivity contribution in [3.05, 3.63) is 39.9 Å². The monoisotopic (exact) mass is 291 g/mol. The fraction of sp³-hybridized carbons (Fsp3) is 0.500. The first-order valence-electron chi connectivity index (χ1n) is 6.76. The Morgan fingerprint density at radius 3 is 2.05 bits per heavy atom. The number of ketones is 1. The van der Waals surface area contributed by atoms with E-state index < -0.39 is 23.2 Å². The number of nitro benzene ring substituents is 1. The topological polar surface area (TPSA) is 78.7 Å². The van der Waals surface area contributed by atoms with Crippen LogP contribution in [-0.4, -0.2) is 29.0 Å². The molecular weight excluding hydrogens is 273 g/mol. The van der Waals surface area contributed by atoms with E-state index in [0.29, 0.717) is 5.56 Å². The number of Topliss-reactive ketones (excluding diaryl/α,β-unsaturated/α-hetero) is 1. The standard InChI is InChI=1S/C14H18BNO5/c1-13(2)14(3,4)21-15(20-13)9-12(17)10-5-7-11(8-6-10)16(18)19/h5-8H,9H2,1-4H3. The maximum absolute atomic E-state index is 12.2. The second-order valence-corrected chi connectivity index (χ2v) is 6.12. The number of carbonyl (C=O) groups is 1. The second kappa shape index (κ2) is 5.24. The molecule has 0 unspecified atom stereocenters. The summed E-state index contributed by atoms with van der Waals surface area (Å²) in [7, 11) is -0.599. The van der Waals surface area contributed by atoms with Crippen molar-refractivity contribution in [2.24, 2.45) is 0 Å². The summed E-state index contributed by atoms with van der Waals surface area (Å²) in [6, 6.07) is 5.53. The molecule has 0 amide bonds. The van der Waals surface area contributed by atoms with Crippen LogP contribution < -0.4 is 0 Å². The van der Waals surface area contributed by atoms with Crippen LogP contribution in [0.4, 0.5) is 5.69 Å². The van der Waals surface area contributed by atoms with Gasteiger partial charge in [0.15, 0.2) is 5.78 Å². The van der Waals surface area contributed by atoms with E-state index >= 15 is 0 Å². The molecule has 6 nitrogen and oxygen atoms in total. The molecule has 0 aliphatic carbocycles. The molecule has 21 heavy (non-hydrogen) atoms. The average molecular weight is 291 g/mol. The molecule has 0 aromatic heterocycles. The van der Waals surface area contributed by atoms with E-state index in [2.05, 4.69) is 0 Å². The summed E-state index contributed by atoms with van der Waals surface area (Å²) in [4.78, 5) is 22.3. The molecule has 1 saturated heterocycles. The molecule has 0 bridgehead atoms. The molecule has 112 valence electrons.